The molecule has 1 fully saturated rings. The van der Waals surface area contributed by atoms with Crippen LogP contribution in [0.15, 0.2) is 28.7 Å². The maximum atomic E-state index is 12.3. The van der Waals surface area contributed by atoms with Crippen molar-refractivity contribution in [3.63, 3.8) is 0 Å². The SMILES string of the molecule is CC(C)(C)OC(=O)N[C@@H](Cc1ccc(Br)cc1)CC1C(=O)OC(C)(C)OC1=O. The van der Waals surface area contributed by atoms with Crippen molar-refractivity contribution in [1.29, 1.82) is 0 Å². The van der Waals surface area contributed by atoms with Gasteiger partial charge in [0.25, 0.3) is 5.79 Å². The number of halogens is 1. The van der Waals surface area contributed by atoms with Gasteiger partial charge in [-0.05, 0) is 51.3 Å². The highest BCUT2D eigenvalue weighted by atomic mass is 79.9. The molecule has 0 saturated carbocycles. The number of alkyl carbamates (subject to hydrolysis) is 1. The highest BCUT2D eigenvalue weighted by Crippen LogP contribution is 2.27. The first-order valence-corrected chi connectivity index (χ1v) is 9.83. The number of amides is 1. The molecule has 1 saturated heterocycles. The lowest BCUT2D eigenvalue weighted by Crippen LogP contribution is -2.49. The van der Waals surface area contributed by atoms with E-state index >= 15 is 0 Å². The van der Waals surface area contributed by atoms with Crippen LogP contribution in [0.4, 0.5) is 4.79 Å². The van der Waals surface area contributed by atoms with Crippen molar-refractivity contribution < 1.29 is 28.6 Å². The fraction of sp³-hybridized carbons (Fsp3) is 0.550. The molecular formula is C20H26BrNO6. The minimum absolute atomic E-state index is 0.0447. The summed E-state index contributed by atoms with van der Waals surface area (Å²) in [5.74, 6) is -3.71. The average Bonchev–Trinajstić information content (AvgIpc) is 2.50. The minimum Gasteiger partial charge on any atom is -0.444 e. The molecule has 1 aliphatic heterocycles. The molecule has 1 heterocycles. The van der Waals surface area contributed by atoms with Gasteiger partial charge >= 0.3 is 18.0 Å². The van der Waals surface area contributed by atoms with Gasteiger partial charge in [0.05, 0.1) is 0 Å². The van der Waals surface area contributed by atoms with Gasteiger partial charge in [-0.15, -0.1) is 0 Å². The summed E-state index contributed by atoms with van der Waals surface area (Å²) >= 11 is 3.38. The van der Waals surface area contributed by atoms with Gasteiger partial charge in [0.1, 0.15) is 5.60 Å². The zero-order valence-corrected chi connectivity index (χ0v) is 18.3. The first-order valence-electron chi connectivity index (χ1n) is 9.04. The number of nitrogens with one attached hydrogen (secondary N) is 1. The van der Waals surface area contributed by atoms with Crippen molar-refractivity contribution in [2.24, 2.45) is 5.92 Å². The molecule has 0 aromatic heterocycles. The van der Waals surface area contributed by atoms with Gasteiger partial charge in [0, 0.05) is 24.4 Å². The third kappa shape index (κ3) is 6.82. The average molecular weight is 456 g/mol. The lowest BCUT2D eigenvalue weighted by Gasteiger charge is -2.34. The van der Waals surface area contributed by atoms with Gasteiger partial charge in [0.15, 0.2) is 5.92 Å². The van der Waals surface area contributed by atoms with Crippen LogP contribution in [0.3, 0.4) is 0 Å². The highest BCUT2D eigenvalue weighted by molar-refractivity contribution is 9.10. The van der Waals surface area contributed by atoms with Crippen molar-refractivity contribution in [2.75, 3.05) is 0 Å². The van der Waals surface area contributed by atoms with Crippen LogP contribution in [0.5, 0.6) is 0 Å². The Hall–Kier alpha value is -2.09. The highest BCUT2D eigenvalue weighted by Gasteiger charge is 2.44. The van der Waals surface area contributed by atoms with Crippen molar-refractivity contribution >= 4 is 34.0 Å². The van der Waals surface area contributed by atoms with Crippen LogP contribution in [-0.2, 0) is 30.2 Å². The maximum absolute atomic E-state index is 12.3. The van der Waals surface area contributed by atoms with E-state index in [2.05, 4.69) is 21.2 Å². The second-order valence-electron chi connectivity index (χ2n) is 8.20. The Labute approximate surface area is 173 Å². The molecule has 1 amide bonds. The molecule has 28 heavy (non-hydrogen) atoms. The normalized spacial score (nSPS) is 18.1. The van der Waals surface area contributed by atoms with Crippen LogP contribution in [0.2, 0.25) is 0 Å². The minimum atomic E-state index is -1.29. The molecule has 1 aliphatic rings. The summed E-state index contributed by atoms with van der Waals surface area (Å²) in [6.07, 6.45) is -0.164. The molecule has 1 N–H and O–H groups in total. The maximum Gasteiger partial charge on any atom is 0.407 e. The van der Waals surface area contributed by atoms with Crippen LogP contribution in [0.25, 0.3) is 0 Å². The fourth-order valence-corrected chi connectivity index (χ4v) is 3.06. The summed E-state index contributed by atoms with van der Waals surface area (Å²) in [5, 5.41) is 2.76. The predicted octanol–water partition coefficient (Wildman–Crippen LogP) is 3.73. The van der Waals surface area contributed by atoms with Crippen LogP contribution in [0, 0.1) is 5.92 Å². The second kappa shape index (κ2) is 8.51. The summed E-state index contributed by atoms with van der Waals surface area (Å²) in [6, 6.07) is 7.03. The van der Waals surface area contributed by atoms with Gasteiger partial charge in [-0.3, -0.25) is 9.59 Å². The third-order valence-corrected chi connectivity index (χ3v) is 4.43. The number of benzene rings is 1. The number of hydrogen-bond donors (Lipinski definition) is 1. The Kier molecular flexibility index (Phi) is 6.75. The second-order valence-corrected chi connectivity index (χ2v) is 9.12. The van der Waals surface area contributed by atoms with E-state index in [1.807, 2.05) is 24.3 Å². The summed E-state index contributed by atoms with van der Waals surface area (Å²) < 4.78 is 16.6. The Bertz CT molecular complexity index is 718. The quantitative estimate of drug-likeness (QED) is 0.537. The van der Waals surface area contributed by atoms with Gasteiger partial charge in [-0.2, -0.15) is 0 Å². The Morgan fingerprint density at radius 1 is 1.18 bits per heavy atom. The summed E-state index contributed by atoms with van der Waals surface area (Å²) in [7, 11) is 0. The Morgan fingerprint density at radius 2 is 1.71 bits per heavy atom. The lowest BCUT2D eigenvalue weighted by molar-refractivity contribution is -0.240. The topological polar surface area (TPSA) is 90.9 Å². The first-order chi connectivity index (χ1) is 12.8. The van der Waals surface area contributed by atoms with Gasteiger partial charge in [0.2, 0.25) is 0 Å². The van der Waals surface area contributed by atoms with Crippen LogP contribution < -0.4 is 5.32 Å². The zero-order valence-electron chi connectivity index (χ0n) is 16.7. The molecule has 1 aromatic carbocycles. The fourth-order valence-electron chi connectivity index (χ4n) is 2.79. The van der Waals surface area contributed by atoms with E-state index in [1.54, 1.807) is 20.8 Å². The molecule has 1 aromatic rings. The van der Waals surface area contributed by atoms with E-state index in [0.717, 1.165) is 10.0 Å². The number of esters is 2. The van der Waals surface area contributed by atoms with E-state index in [-0.39, 0.29) is 6.42 Å². The molecule has 2 rings (SSSR count). The number of carbonyl (C=O) groups excluding carboxylic acids is 3. The van der Waals surface area contributed by atoms with Crippen molar-refractivity contribution in [1.82, 2.24) is 5.32 Å². The largest absolute Gasteiger partial charge is 0.444 e. The number of ether oxygens (including phenoxy) is 3. The molecule has 7 nitrogen and oxygen atoms in total. The van der Waals surface area contributed by atoms with Gasteiger partial charge in [-0.1, -0.05) is 28.1 Å². The smallest absolute Gasteiger partial charge is 0.407 e. The van der Waals surface area contributed by atoms with E-state index in [1.165, 1.54) is 13.8 Å². The van der Waals surface area contributed by atoms with E-state index < -0.39 is 41.4 Å². The van der Waals surface area contributed by atoms with Crippen molar-refractivity contribution in [2.45, 2.75) is 64.9 Å². The molecular weight excluding hydrogens is 430 g/mol. The van der Waals surface area contributed by atoms with E-state index in [0.29, 0.717) is 6.42 Å². The molecule has 0 spiro atoms. The number of hydrogen-bond acceptors (Lipinski definition) is 6. The summed E-state index contributed by atoms with van der Waals surface area (Å²) in [4.78, 5) is 36.8. The molecule has 8 heteroatoms. The number of carbonyl (C=O) groups is 3. The van der Waals surface area contributed by atoms with Crippen LogP contribution in [-0.4, -0.2) is 35.5 Å². The monoisotopic (exact) mass is 455 g/mol. The molecule has 154 valence electrons. The molecule has 0 aliphatic carbocycles. The van der Waals surface area contributed by atoms with Crippen molar-refractivity contribution in [3.8, 4) is 0 Å². The Morgan fingerprint density at radius 3 is 2.21 bits per heavy atom. The third-order valence-electron chi connectivity index (χ3n) is 3.90. The van der Waals surface area contributed by atoms with Crippen molar-refractivity contribution in [3.05, 3.63) is 34.3 Å². The number of rotatable bonds is 5. The number of cyclic esters (lactones) is 2. The molecule has 0 radical (unpaired) electrons. The molecule has 0 unspecified atom stereocenters. The summed E-state index contributed by atoms with van der Waals surface area (Å²) in [6.45, 7) is 8.27. The van der Waals surface area contributed by atoms with Gasteiger partial charge in [-0.25, -0.2) is 4.79 Å². The Balaban J connectivity index is 2.15. The van der Waals surface area contributed by atoms with Crippen LogP contribution >= 0.6 is 15.9 Å². The molecule has 0 bridgehead atoms. The van der Waals surface area contributed by atoms with E-state index in [4.69, 9.17) is 14.2 Å². The lowest BCUT2D eigenvalue weighted by atomic mass is 9.94. The predicted molar refractivity (Wildman–Crippen MR) is 105 cm³/mol. The zero-order chi connectivity index (χ0) is 21.1. The van der Waals surface area contributed by atoms with Crippen LogP contribution in [0.1, 0.15) is 46.6 Å². The summed E-state index contributed by atoms with van der Waals surface area (Å²) in [5.41, 5.74) is 0.265. The molecule has 1 atom stereocenters. The first kappa shape index (κ1) is 22.2. The standard InChI is InChI=1S/C20H26BrNO6/c1-19(2,3)28-18(25)22-14(10-12-6-8-13(21)9-7-12)11-15-16(23)26-20(4,5)27-17(15)24/h6-9,14-15H,10-11H2,1-5H3,(H,22,25)/t14-/m0/s1. The van der Waals surface area contributed by atoms with E-state index in [9.17, 15) is 14.4 Å². The van der Waals surface area contributed by atoms with Gasteiger partial charge < -0.3 is 19.5 Å².